The summed E-state index contributed by atoms with van der Waals surface area (Å²) in [6, 6.07) is 12.4. The number of nitrogens with one attached hydrogen (secondary N) is 2. The Morgan fingerprint density at radius 3 is 2.75 bits per heavy atom. The number of hydrazone groups is 1. The number of ether oxygens (including phenoxy) is 1. The lowest BCUT2D eigenvalue weighted by Gasteiger charge is -2.23. The molecule has 1 fully saturated rings. The Bertz CT molecular complexity index is 820. The summed E-state index contributed by atoms with van der Waals surface area (Å²) in [6.45, 7) is 0.0332. The van der Waals surface area contributed by atoms with Crippen molar-refractivity contribution in [3.63, 3.8) is 0 Å². The van der Waals surface area contributed by atoms with E-state index in [1.165, 1.54) is 25.3 Å². The van der Waals surface area contributed by atoms with E-state index in [1.54, 1.807) is 24.4 Å². The van der Waals surface area contributed by atoms with E-state index < -0.39 is 0 Å². The minimum absolute atomic E-state index is 0.0332. The standard InChI is InChI=1S/C21H23ClFN3OS/c22-18-10-6-11-19(23)17(18)14-27-20-12-5-4-7-15(20)13-24-26-21(28)25-16-8-2-1-3-9-16/h4-7,10-13,16H,1-3,8-9,14H2,(H2,25,26,28)/b24-13+. The molecule has 0 heterocycles. The average molecular weight is 420 g/mol. The Balaban J connectivity index is 1.57. The molecule has 0 radical (unpaired) electrons. The summed E-state index contributed by atoms with van der Waals surface area (Å²) in [4.78, 5) is 0. The molecule has 1 aliphatic carbocycles. The molecular weight excluding hydrogens is 397 g/mol. The number of benzene rings is 2. The van der Waals surface area contributed by atoms with E-state index in [0.717, 1.165) is 18.4 Å². The molecule has 0 bridgehead atoms. The Labute approximate surface area is 175 Å². The molecule has 1 aliphatic rings. The van der Waals surface area contributed by atoms with Crippen molar-refractivity contribution in [2.75, 3.05) is 0 Å². The van der Waals surface area contributed by atoms with Crippen molar-refractivity contribution >= 4 is 35.1 Å². The summed E-state index contributed by atoms with van der Waals surface area (Å²) < 4.78 is 19.7. The van der Waals surface area contributed by atoms with Gasteiger partial charge in [-0.2, -0.15) is 5.10 Å². The van der Waals surface area contributed by atoms with Crippen LogP contribution in [0.15, 0.2) is 47.6 Å². The number of nitrogens with zero attached hydrogens (tertiary/aromatic N) is 1. The van der Waals surface area contributed by atoms with Gasteiger partial charge in [-0.25, -0.2) is 4.39 Å². The lowest BCUT2D eigenvalue weighted by molar-refractivity contribution is 0.299. The molecule has 2 aromatic carbocycles. The molecule has 7 heteroatoms. The molecule has 28 heavy (non-hydrogen) atoms. The van der Waals surface area contributed by atoms with Crippen molar-refractivity contribution in [1.29, 1.82) is 0 Å². The third kappa shape index (κ3) is 5.91. The van der Waals surface area contributed by atoms with Crippen molar-refractivity contribution in [1.82, 2.24) is 10.7 Å². The molecule has 1 saturated carbocycles. The highest BCUT2D eigenvalue weighted by Crippen LogP contribution is 2.23. The van der Waals surface area contributed by atoms with Crippen LogP contribution >= 0.6 is 23.8 Å². The smallest absolute Gasteiger partial charge is 0.187 e. The van der Waals surface area contributed by atoms with Gasteiger partial charge < -0.3 is 10.1 Å². The van der Waals surface area contributed by atoms with E-state index in [-0.39, 0.29) is 12.4 Å². The van der Waals surface area contributed by atoms with Gasteiger partial charge in [0.05, 0.1) is 11.2 Å². The van der Waals surface area contributed by atoms with Crippen LogP contribution in [0.4, 0.5) is 4.39 Å². The van der Waals surface area contributed by atoms with Crippen molar-refractivity contribution < 1.29 is 9.13 Å². The first-order valence-corrected chi connectivity index (χ1v) is 10.2. The van der Waals surface area contributed by atoms with Crippen molar-refractivity contribution in [3.05, 3.63) is 64.4 Å². The molecule has 2 aromatic rings. The number of para-hydroxylation sites is 1. The summed E-state index contributed by atoms with van der Waals surface area (Å²) >= 11 is 11.4. The number of hydrogen-bond donors (Lipinski definition) is 2. The van der Waals surface area contributed by atoms with Crippen LogP contribution in [0.25, 0.3) is 0 Å². The zero-order chi connectivity index (χ0) is 19.8. The molecule has 148 valence electrons. The molecule has 3 rings (SSSR count). The van der Waals surface area contributed by atoms with Crippen LogP contribution in [-0.4, -0.2) is 17.4 Å². The van der Waals surface area contributed by atoms with Gasteiger partial charge in [0.1, 0.15) is 18.2 Å². The van der Waals surface area contributed by atoms with Crippen LogP contribution in [0.3, 0.4) is 0 Å². The molecule has 0 aromatic heterocycles. The maximum Gasteiger partial charge on any atom is 0.187 e. The summed E-state index contributed by atoms with van der Waals surface area (Å²) in [5.74, 6) is 0.193. The summed E-state index contributed by atoms with van der Waals surface area (Å²) in [5, 5.41) is 8.35. The number of hydrogen-bond acceptors (Lipinski definition) is 3. The Hall–Kier alpha value is -2.18. The second kappa shape index (κ2) is 10.4. The first kappa shape index (κ1) is 20.6. The lowest BCUT2D eigenvalue weighted by Crippen LogP contribution is -2.40. The molecule has 2 N–H and O–H groups in total. The fraction of sp³-hybridized carbons (Fsp3) is 0.333. The van der Waals surface area contributed by atoms with Crippen LogP contribution in [0.1, 0.15) is 43.2 Å². The topological polar surface area (TPSA) is 45.6 Å². The van der Waals surface area contributed by atoms with Gasteiger partial charge in [0.15, 0.2) is 5.11 Å². The largest absolute Gasteiger partial charge is 0.488 e. The molecule has 0 unspecified atom stereocenters. The predicted molar refractivity (Wildman–Crippen MR) is 116 cm³/mol. The molecule has 0 amide bonds. The monoisotopic (exact) mass is 419 g/mol. The highest BCUT2D eigenvalue weighted by molar-refractivity contribution is 7.80. The molecule has 0 spiro atoms. The first-order chi connectivity index (χ1) is 13.6. The zero-order valence-corrected chi connectivity index (χ0v) is 17.0. The van der Waals surface area contributed by atoms with Crippen LogP contribution in [0.2, 0.25) is 5.02 Å². The molecular formula is C21H23ClFN3OS. The second-order valence-electron chi connectivity index (χ2n) is 6.71. The Morgan fingerprint density at radius 1 is 1.18 bits per heavy atom. The fourth-order valence-corrected chi connectivity index (χ4v) is 3.60. The lowest BCUT2D eigenvalue weighted by atomic mass is 9.96. The predicted octanol–water partition coefficient (Wildman–Crippen LogP) is 5.19. The number of thiocarbonyl (C=S) groups is 1. The third-order valence-corrected chi connectivity index (χ3v) is 5.23. The molecule has 4 nitrogen and oxygen atoms in total. The normalized spacial score (nSPS) is 14.8. The van der Waals surface area contributed by atoms with Gasteiger partial charge in [-0.3, -0.25) is 5.43 Å². The van der Waals surface area contributed by atoms with E-state index in [2.05, 4.69) is 15.8 Å². The van der Waals surface area contributed by atoms with E-state index in [9.17, 15) is 4.39 Å². The summed E-state index contributed by atoms with van der Waals surface area (Å²) in [6.07, 6.45) is 7.68. The second-order valence-corrected chi connectivity index (χ2v) is 7.52. The van der Waals surface area contributed by atoms with E-state index in [0.29, 0.717) is 27.5 Å². The third-order valence-electron chi connectivity index (χ3n) is 4.66. The van der Waals surface area contributed by atoms with Gasteiger partial charge in [-0.05, 0) is 49.3 Å². The molecule has 0 saturated heterocycles. The minimum Gasteiger partial charge on any atom is -0.488 e. The summed E-state index contributed by atoms with van der Waals surface area (Å²) in [7, 11) is 0. The SMILES string of the molecule is Fc1cccc(Cl)c1COc1ccccc1/C=N/NC(=S)NC1CCCCC1. The highest BCUT2D eigenvalue weighted by Gasteiger charge is 2.13. The van der Waals surface area contributed by atoms with Crippen LogP contribution < -0.4 is 15.5 Å². The van der Waals surface area contributed by atoms with Gasteiger partial charge in [0.2, 0.25) is 0 Å². The average Bonchev–Trinajstić information content (AvgIpc) is 2.69. The Kier molecular flexibility index (Phi) is 7.62. The van der Waals surface area contributed by atoms with Crippen LogP contribution in [-0.2, 0) is 6.61 Å². The molecule has 0 atom stereocenters. The van der Waals surface area contributed by atoms with E-state index >= 15 is 0 Å². The summed E-state index contributed by atoms with van der Waals surface area (Å²) in [5.41, 5.74) is 3.93. The quantitative estimate of drug-likeness (QED) is 0.384. The first-order valence-electron chi connectivity index (χ1n) is 9.38. The van der Waals surface area contributed by atoms with Crippen molar-refractivity contribution in [3.8, 4) is 5.75 Å². The van der Waals surface area contributed by atoms with Gasteiger partial charge in [0, 0.05) is 17.2 Å². The maximum atomic E-state index is 13.9. The van der Waals surface area contributed by atoms with E-state index in [1.807, 2.05) is 18.2 Å². The number of halogens is 2. The number of rotatable bonds is 6. The van der Waals surface area contributed by atoms with Crippen molar-refractivity contribution in [2.45, 2.75) is 44.8 Å². The van der Waals surface area contributed by atoms with Gasteiger partial charge in [-0.15, -0.1) is 0 Å². The van der Waals surface area contributed by atoms with Gasteiger partial charge in [-0.1, -0.05) is 49.1 Å². The minimum atomic E-state index is -0.389. The van der Waals surface area contributed by atoms with E-state index in [4.69, 9.17) is 28.6 Å². The molecule has 0 aliphatic heterocycles. The van der Waals surface area contributed by atoms with Crippen LogP contribution in [0.5, 0.6) is 5.75 Å². The van der Waals surface area contributed by atoms with Crippen molar-refractivity contribution in [2.24, 2.45) is 5.10 Å². The van der Waals surface area contributed by atoms with Gasteiger partial charge in [0.25, 0.3) is 0 Å². The Morgan fingerprint density at radius 2 is 1.96 bits per heavy atom. The van der Waals surface area contributed by atoms with Crippen LogP contribution in [0, 0.1) is 5.82 Å². The maximum absolute atomic E-state index is 13.9. The fourth-order valence-electron chi connectivity index (χ4n) is 3.16. The van der Waals surface area contributed by atoms with Gasteiger partial charge >= 0.3 is 0 Å². The highest BCUT2D eigenvalue weighted by atomic mass is 35.5. The zero-order valence-electron chi connectivity index (χ0n) is 15.5.